The van der Waals surface area contributed by atoms with Gasteiger partial charge in [0.1, 0.15) is 5.82 Å². The summed E-state index contributed by atoms with van der Waals surface area (Å²) in [5, 5.41) is 11.2. The lowest BCUT2D eigenvalue weighted by Gasteiger charge is -2.48. The van der Waals surface area contributed by atoms with E-state index in [1.165, 1.54) is 12.3 Å². The van der Waals surface area contributed by atoms with Gasteiger partial charge in [0.05, 0.1) is 17.2 Å². The topological polar surface area (TPSA) is 79.5 Å². The van der Waals surface area contributed by atoms with Crippen LogP contribution in [0.5, 0.6) is 0 Å². The predicted octanol–water partition coefficient (Wildman–Crippen LogP) is 1.54. The molecule has 1 unspecified atom stereocenters. The van der Waals surface area contributed by atoms with Gasteiger partial charge in [-0.1, -0.05) is 24.3 Å². The van der Waals surface area contributed by atoms with E-state index in [4.69, 9.17) is 5.73 Å². The van der Waals surface area contributed by atoms with E-state index >= 15 is 0 Å². The van der Waals surface area contributed by atoms with E-state index < -0.39 is 16.9 Å². The monoisotopic (exact) mass is 331 g/mol. The van der Waals surface area contributed by atoms with Gasteiger partial charge in [0.25, 0.3) is 0 Å². The molecule has 1 amide bonds. The SMILES string of the molecule is NC(=O)C1(C2(O)CCN(Cc3cncc(F)c3)CC2)C=CC=CC1. The third kappa shape index (κ3) is 2.99. The molecule has 0 radical (unpaired) electrons. The van der Waals surface area contributed by atoms with Gasteiger partial charge in [0.15, 0.2) is 0 Å². The summed E-state index contributed by atoms with van der Waals surface area (Å²) in [6.45, 7) is 1.79. The first kappa shape index (κ1) is 16.8. The molecular weight excluding hydrogens is 309 g/mol. The number of hydrogen-bond acceptors (Lipinski definition) is 4. The number of hydrogen-bond donors (Lipinski definition) is 2. The zero-order chi connectivity index (χ0) is 17.2. The minimum atomic E-state index is -1.16. The third-order valence-corrected chi connectivity index (χ3v) is 5.19. The molecule has 24 heavy (non-hydrogen) atoms. The van der Waals surface area contributed by atoms with Crippen molar-refractivity contribution >= 4 is 5.91 Å². The Morgan fingerprint density at radius 3 is 2.67 bits per heavy atom. The van der Waals surface area contributed by atoms with Gasteiger partial charge in [-0.05, 0) is 30.9 Å². The maximum Gasteiger partial charge on any atom is 0.230 e. The van der Waals surface area contributed by atoms with Crippen molar-refractivity contribution in [2.45, 2.75) is 31.4 Å². The summed E-state index contributed by atoms with van der Waals surface area (Å²) in [6.07, 6.45) is 11.4. The van der Waals surface area contributed by atoms with Crippen molar-refractivity contribution in [2.24, 2.45) is 11.1 Å². The molecule has 0 aromatic carbocycles. The Hall–Kier alpha value is -2.05. The van der Waals surface area contributed by atoms with Gasteiger partial charge in [-0.2, -0.15) is 0 Å². The van der Waals surface area contributed by atoms with Crippen LogP contribution < -0.4 is 5.73 Å². The first-order valence-corrected chi connectivity index (χ1v) is 8.14. The van der Waals surface area contributed by atoms with Crippen LogP contribution in [0.2, 0.25) is 0 Å². The van der Waals surface area contributed by atoms with Crippen molar-refractivity contribution in [3.8, 4) is 0 Å². The normalized spacial score (nSPS) is 26.4. The van der Waals surface area contributed by atoms with Gasteiger partial charge in [0.2, 0.25) is 5.91 Å². The average molecular weight is 331 g/mol. The second kappa shape index (κ2) is 6.45. The number of pyridine rings is 1. The third-order valence-electron chi connectivity index (χ3n) is 5.19. The van der Waals surface area contributed by atoms with Crippen molar-refractivity contribution in [1.29, 1.82) is 0 Å². The maximum atomic E-state index is 13.2. The highest BCUT2D eigenvalue weighted by Crippen LogP contribution is 2.45. The molecule has 6 heteroatoms. The summed E-state index contributed by atoms with van der Waals surface area (Å²) in [7, 11) is 0. The summed E-state index contributed by atoms with van der Waals surface area (Å²) < 4.78 is 13.2. The molecule has 2 heterocycles. The molecule has 1 aromatic rings. The van der Waals surface area contributed by atoms with E-state index in [1.54, 1.807) is 18.3 Å². The van der Waals surface area contributed by atoms with Gasteiger partial charge in [-0.3, -0.25) is 14.7 Å². The van der Waals surface area contributed by atoms with Crippen LogP contribution in [-0.2, 0) is 11.3 Å². The van der Waals surface area contributed by atoms with Gasteiger partial charge in [-0.25, -0.2) is 4.39 Å². The number of halogens is 1. The molecule has 5 nitrogen and oxygen atoms in total. The van der Waals surface area contributed by atoms with E-state index in [0.29, 0.717) is 38.9 Å². The number of allylic oxidation sites excluding steroid dienone is 3. The van der Waals surface area contributed by atoms with Crippen molar-refractivity contribution in [2.75, 3.05) is 13.1 Å². The van der Waals surface area contributed by atoms with Gasteiger partial charge in [0, 0.05) is 25.8 Å². The summed E-state index contributed by atoms with van der Waals surface area (Å²) in [5.74, 6) is -0.846. The van der Waals surface area contributed by atoms with Gasteiger partial charge >= 0.3 is 0 Å². The standard InChI is InChI=1S/C18H22FN3O2/c19-15-10-14(11-21-12-15)13-22-8-6-18(24,7-9-22)17(16(20)23)4-2-1-3-5-17/h1-4,10-12,24H,5-9,13H2,(H2,20,23). The smallest absolute Gasteiger partial charge is 0.230 e. The Balaban J connectivity index is 1.70. The van der Waals surface area contributed by atoms with Gasteiger partial charge in [-0.15, -0.1) is 0 Å². The average Bonchev–Trinajstić information content (AvgIpc) is 2.57. The van der Waals surface area contributed by atoms with Crippen molar-refractivity contribution < 1.29 is 14.3 Å². The quantitative estimate of drug-likeness (QED) is 0.877. The molecule has 0 saturated carbocycles. The van der Waals surface area contributed by atoms with Crippen LogP contribution in [0.15, 0.2) is 42.8 Å². The largest absolute Gasteiger partial charge is 0.388 e. The number of amides is 1. The number of carbonyl (C=O) groups excluding carboxylic acids is 1. The minimum absolute atomic E-state index is 0.354. The molecule has 1 aliphatic carbocycles. The molecule has 0 bridgehead atoms. The molecule has 1 saturated heterocycles. The summed E-state index contributed by atoms with van der Waals surface area (Å²) in [6, 6.07) is 1.47. The first-order valence-electron chi connectivity index (χ1n) is 8.14. The molecule has 1 fully saturated rings. The summed E-state index contributed by atoms with van der Waals surface area (Å²) >= 11 is 0. The number of primary amides is 1. The van der Waals surface area contributed by atoms with E-state index in [0.717, 1.165) is 5.56 Å². The lowest BCUT2D eigenvalue weighted by atomic mass is 9.63. The molecule has 1 aromatic heterocycles. The number of aromatic nitrogens is 1. The van der Waals surface area contributed by atoms with Crippen LogP contribution in [0.25, 0.3) is 0 Å². The van der Waals surface area contributed by atoms with Gasteiger partial charge < -0.3 is 10.8 Å². The van der Waals surface area contributed by atoms with E-state index in [-0.39, 0.29) is 5.82 Å². The molecular formula is C18H22FN3O2. The fourth-order valence-corrected chi connectivity index (χ4v) is 3.71. The Bertz CT molecular complexity index is 681. The summed E-state index contributed by atoms with van der Waals surface area (Å²) in [5.41, 5.74) is 4.24. The number of aliphatic hydroxyl groups is 1. The molecule has 2 aliphatic rings. The summed E-state index contributed by atoms with van der Waals surface area (Å²) in [4.78, 5) is 18.1. The Morgan fingerprint density at radius 1 is 1.33 bits per heavy atom. The second-order valence-electron chi connectivity index (χ2n) is 6.65. The van der Waals surface area contributed by atoms with E-state index in [1.807, 2.05) is 12.2 Å². The maximum absolute atomic E-state index is 13.2. The lowest BCUT2D eigenvalue weighted by molar-refractivity contribution is -0.148. The highest BCUT2D eigenvalue weighted by atomic mass is 19.1. The number of nitrogens with zero attached hydrogens (tertiary/aromatic N) is 2. The van der Waals surface area contributed by atoms with Crippen LogP contribution in [-0.4, -0.2) is 39.6 Å². The van der Waals surface area contributed by atoms with Crippen molar-refractivity contribution in [1.82, 2.24) is 9.88 Å². The highest BCUT2D eigenvalue weighted by molar-refractivity contribution is 5.85. The number of carbonyl (C=O) groups is 1. The minimum Gasteiger partial charge on any atom is -0.388 e. The zero-order valence-electron chi connectivity index (χ0n) is 13.5. The molecule has 128 valence electrons. The molecule has 3 N–H and O–H groups in total. The van der Waals surface area contributed by atoms with Crippen LogP contribution in [0, 0.1) is 11.2 Å². The highest BCUT2D eigenvalue weighted by Gasteiger charge is 2.53. The molecule has 3 rings (SSSR count). The Kier molecular flexibility index (Phi) is 4.51. The predicted molar refractivity (Wildman–Crippen MR) is 88.2 cm³/mol. The molecule has 1 atom stereocenters. The fourth-order valence-electron chi connectivity index (χ4n) is 3.71. The van der Waals surface area contributed by atoms with Crippen LogP contribution in [0.1, 0.15) is 24.8 Å². The Labute approximate surface area is 140 Å². The number of rotatable bonds is 4. The number of piperidine rings is 1. The van der Waals surface area contributed by atoms with Crippen LogP contribution >= 0.6 is 0 Å². The van der Waals surface area contributed by atoms with Crippen LogP contribution in [0.3, 0.4) is 0 Å². The van der Waals surface area contributed by atoms with E-state index in [2.05, 4.69) is 9.88 Å². The fraction of sp³-hybridized carbons (Fsp3) is 0.444. The number of likely N-dealkylation sites (tertiary alicyclic amines) is 1. The second-order valence-corrected chi connectivity index (χ2v) is 6.65. The number of nitrogens with two attached hydrogens (primary N) is 1. The molecule has 0 spiro atoms. The zero-order valence-corrected chi connectivity index (χ0v) is 13.5. The molecule has 1 aliphatic heterocycles. The van der Waals surface area contributed by atoms with Crippen LogP contribution in [0.4, 0.5) is 4.39 Å². The Morgan fingerprint density at radius 2 is 2.08 bits per heavy atom. The lowest BCUT2D eigenvalue weighted by Crippen LogP contribution is -2.59. The van der Waals surface area contributed by atoms with Crippen molar-refractivity contribution in [3.63, 3.8) is 0 Å². The van der Waals surface area contributed by atoms with Crippen molar-refractivity contribution in [3.05, 3.63) is 54.1 Å². The van der Waals surface area contributed by atoms with E-state index in [9.17, 15) is 14.3 Å². The first-order chi connectivity index (χ1) is 11.5.